The molecule has 2 fully saturated rings. The van der Waals surface area contributed by atoms with E-state index in [1.807, 2.05) is 6.26 Å². The molecule has 0 radical (unpaired) electrons. The summed E-state index contributed by atoms with van der Waals surface area (Å²) in [6.45, 7) is 9.85. The molecule has 2 aromatic rings. The van der Waals surface area contributed by atoms with Crippen LogP contribution in [0.2, 0.25) is 0 Å². The normalized spacial score (nSPS) is 22.0. The third kappa shape index (κ3) is 4.42. The zero-order valence-electron chi connectivity index (χ0n) is 14.8. The molecular formula is C19H27ClN4O. The highest BCUT2D eigenvalue weighted by molar-refractivity contribution is 5.85. The van der Waals surface area contributed by atoms with Crippen LogP contribution in [0.5, 0.6) is 0 Å². The van der Waals surface area contributed by atoms with Crippen molar-refractivity contribution in [2.24, 2.45) is 0 Å². The molecule has 2 saturated heterocycles. The Kier molecular flexibility index (Phi) is 6.12. The van der Waals surface area contributed by atoms with E-state index in [-0.39, 0.29) is 12.4 Å². The largest absolute Gasteiger partial charge is 0.444 e. The Morgan fingerprint density at radius 3 is 2.60 bits per heavy atom. The molecule has 3 heterocycles. The van der Waals surface area contributed by atoms with Crippen LogP contribution in [-0.4, -0.2) is 60.1 Å². The lowest BCUT2D eigenvalue weighted by Crippen LogP contribution is -2.50. The number of hydrogen-bond acceptors (Lipinski definition) is 5. The molecule has 4 rings (SSSR count). The molecule has 0 bridgehead atoms. The predicted molar refractivity (Wildman–Crippen MR) is 102 cm³/mol. The predicted octanol–water partition coefficient (Wildman–Crippen LogP) is 2.55. The van der Waals surface area contributed by atoms with Gasteiger partial charge in [0.05, 0.1) is 5.69 Å². The Bertz CT molecular complexity index is 658. The number of hydrogen-bond donors (Lipinski definition) is 1. The summed E-state index contributed by atoms with van der Waals surface area (Å²) in [6, 6.07) is 9.07. The molecule has 136 valence electrons. The quantitative estimate of drug-likeness (QED) is 0.905. The molecule has 5 nitrogen and oxygen atoms in total. The van der Waals surface area contributed by atoms with Gasteiger partial charge < -0.3 is 9.73 Å². The highest BCUT2D eigenvalue weighted by Gasteiger charge is 2.26. The van der Waals surface area contributed by atoms with Crippen molar-refractivity contribution >= 4 is 12.4 Å². The van der Waals surface area contributed by atoms with Crippen LogP contribution in [-0.2, 0) is 6.54 Å². The monoisotopic (exact) mass is 362 g/mol. The van der Waals surface area contributed by atoms with Crippen molar-refractivity contribution < 1.29 is 4.42 Å². The summed E-state index contributed by atoms with van der Waals surface area (Å²) in [7, 11) is 0. The van der Waals surface area contributed by atoms with Gasteiger partial charge in [-0.3, -0.25) is 9.80 Å². The molecule has 2 aliphatic rings. The van der Waals surface area contributed by atoms with E-state index in [1.165, 1.54) is 18.5 Å². The van der Waals surface area contributed by atoms with E-state index in [0.717, 1.165) is 62.5 Å². The number of aryl methyl sites for hydroxylation is 1. The zero-order chi connectivity index (χ0) is 16.4. The first kappa shape index (κ1) is 18.4. The molecule has 1 atom stereocenters. The van der Waals surface area contributed by atoms with Gasteiger partial charge >= 0.3 is 0 Å². The molecule has 25 heavy (non-hydrogen) atoms. The Morgan fingerprint density at radius 1 is 1.16 bits per heavy atom. The van der Waals surface area contributed by atoms with E-state index in [0.29, 0.717) is 0 Å². The van der Waals surface area contributed by atoms with Crippen molar-refractivity contribution in [3.63, 3.8) is 0 Å². The summed E-state index contributed by atoms with van der Waals surface area (Å²) in [5.41, 5.74) is 3.33. The van der Waals surface area contributed by atoms with Gasteiger partial charge in [-0.15, -0.1) is 12.4 Å². The van der Waals surface area contributed by atoms with Gasteiger partial charge in [-0.2, -0.15) is 0 Å². The van der Waals surface area contributed by atoms with Crippen molar-refractivity contribution in [2.45, 2.75) is 25.9 Å². The molecule has 0 saturated carbocycles. The van der Waals surface area contributed by atoms with Crippen molar-refractivity contribution in [1.29, 1.82) is 0 Å². The minimum atomic E-state index is 0. The summed E-state index contributed by atoms with van der Waals surface area (Å²) in [6.07, 6.45) is 3.10. The average Bonchev–Trinajstić information content (AvgIpc) is 3.28. The van der Waals surface area contributed by atoms with Crippen molar-refractivity contribution in [3.8, 4) is 11.5 Å². The first-order chi connectivity index (χ1) is 11.8. The number of halogens is 1. The standard InChI is InChI=1S/C19H26N4O.ClH/c1-15-2-4-16(5-3-15)19-21-17(14-24-19)13-22-8-10-23(11-9-22)18-6-7-20-12-18;/h2-5,14,18,20H,6-13H2,1H3;1H. The van der Waals surface area contributed by atoms with Gasteiger partial charge in [-0.25, -0.2) is 4.98 Å². The van der Waals surface area contributed by atoms with Gasteiger partial charge in [0.25, 0.3) is 0 Å². The van der Waals surface area contributed by atoms with Gasteiger partial charge in [0.2, 0.25) is 5.89 Å². The highest BCUT2D eigenvalue weighted by Crippen LogP contribution is 2.20. The fraction of sp³-hybridized carbons (Fsp3) is 0.526. The lowest BCUT2D eigenvalue weighted by atomic mass is 10.1. The van der Waals surface area contributed by atoms with Crippen LogP contribution < -0.4 is 5.32 Å². The van der Waals surface area contributed by atoms with Crippen molar-refractivity contribution in [1.82, 2.24) is 20.1 Å². The Balaban J connectivity index is 0.00000182. The number of benzene rings is 1. The number of oxazole rings is 1. The van der Waals surface area contributed by atoms with E-state index in [1.54, 1.807) is 0 Å². The number of aromatic nitrogens is 1. The van der Waals surface area contributed by atoms with Crippen LogP contribution in [0, 0.1) is 6.92 Å². The SMILES string of the molecule is Cc1ccc(-c2nc(CN3CCN(C4CCNC4)CC3)co2)cc1.Cl. The van der Waals surface area contributed by atoms with Crippen LogP contribution in [0.4, 0.5) is 0 Å². The molecule has 0 spiro atoms. The fourth-order valence-electron chi connectivity index (χ4n) is 3.68. The van der Waals surface area contributed by atoms with E-state index in [2.05, 4.69) is 51.3 Å². The maximum absolute atomic E-state index is 5.68. The van der Waals surface area contributed by atoms with Crippen LogP contribution >= 0.6 is 12.4 Å². The highest BCUT2D eigenvalue weighted by atomic mass is 35.5. The minimum absolute atomic E-state index is 0. The van der Waals surface area contributed by atoms with E-state index < -0.39 is 0 Å². The maximum atomic E-state index is 5.68. The van der Waals surface area contributed by atoms with Crippen LogP contribution in [0.3, 0.4) is 0 Å². The zero-order valence-corrected chi connectivity index (χ0v) is 15.6. The second-order valence-electron chi connectivity index (χ2n) is 6.97. The van der Waals surface area contributed by atoms with Crippen LogP contribution in [0.25, 0.3) is 11.5 Å². The number of nitrogens with zero attached hydrogens (tertiary/aromatic N) is 3. The second-order valence-corrected chi connectivity index (χ2v) is 6.97. The maximum Gasteiger partial charge on any atom is 0.226 e. The number of nitrogens with one attached hydrogen (secondary N) is 1. The molecule has 0 amide bonds. The molecule has 1 aromatic carbocycles. The van der Waals surface area contributed by atoms with E-state index in [9.17, 15) is 0 Å². The minimum Gasteiger partial charge on any atom is -0.444 e. The summed E-state index contributed by atoms with van der Waals surface area (Å²) < 4.78 is 5.68. The summed E-state index contributed by atoms with van der Waals surface area (Å²) in [5.74, 6) is 0.723. The fourth-order valence-corrected chi connectivity index (χ4v) is 3.68. The second kappa shape index (κ2) is 8.32. The summed E-state index contributed by atoms with van der Waals surface area (Å²) >= 11 is 0. The molecular weight excluding hydrogens is 336 g/mol. The number of piperazine rings is 1. The topological polar surface area (TPSA) is 44.5 Å². The van der Waals surface area contributed by atoms with Crippen molar-refractivity contribution in [2.75, 3.05) is 39.3 Å². The first-order valence-corrected chi connectivity index (χ1v) is 8.96. The van der Waals surface area contributed by atoms with Gasteiger partial charge in [-0.1, -0.05) is 17.7 Å². The molecule has 2 aliphatic heterocycles. The van der Waals surface area contributed by atoms with E-state index >= 15 is 0 Å². The molecule has 1 aromatic heterocycles. The smallest absolute Gasteiger partial charge is 0.226 e. The molecule has 1 N–H and O–H groups in total. The number of rotatable bonds is 4. The average molecular weight is 363 g/mol. The summed E-state index contributed by atoms with van der Waals surface area (Å²) in [5, 5.41) is 3.46. The lowest BCUT2D eigenvalue weighted by Gasteiger charge is -2.37. The lowest BCUT2D eigenvalue weighted by molar-refractivity contribution is 0.0973. The summed E-state index contributed by atoms with van der Waals surface area (Å²) in [4.78, 5) is 9.79. The van der Waals surface area contributed by atoms with Crippen LogP contribution in [0.1, 0.15) is 17.7 Å². The Hall–Kier alpha value is -1.40. The first-order valence-electron chi connectivity index (χ1n) is 8.96. The third-order valence-electron chi connectivity index (χ3n) is 5.19. The van der Waals surface area contributed by atoms with Gasteiger partial charge in [0.1, 0.15) is 6.26 Å². The molecule has 1 unspecified atom stereocenters. The third-order valence-corrected chi connectivity index (χ3v) is 5.19. The van der Waals surface area contributed by atoms with E-state index in [4.69, 9.17) is 4.42 Å². The van der Waals surface area contributed by atoms with Gasteiger partial charge in [0.15, 0.2) is 0 Å². The van der Waals surface area contributed by atoms with Crippen LogP contribution in [0.15, 0.2) is 34.9 Å². The molecule has 0 aliphatic carbocycles. The Labute approximate surface area is 155 Å². The Morgan fingerprint density at radius 2 is 1.92 bits per heavy atom. The van der Waals surface area contributed by atoms with Crippen molar-refractivity contribution in [3.05, 3.63) is 41.8 Å². The van der Waals surface area contributed by atoms with Gasteiger partial charge in [0, 0.05) is 50.9 Å². The van der Waals surface area contributed by atoms with Gasteiger partial charge in [-0.05, 0) is 32.0 Å². The molecule has 6 heteroatoms.